The number of morpholine rings is 1. The molecule has 0 N–H and O–H groups in total. The van der Waals surface area contributed by atoms with Crippen LogP contribution in [0.1, 0.15) is 17.5 Å². The molecule has 0 aliphatic carbocycles. The number of amides is 1. The number of rotatable bonds is 5. The summed E-state index contributed by atoms with van der Waals surface area (Å²) >= 11 is 0. The minimum Gasteiger partial charge on any atom is -0.379 e. The molecular formula is C21H24N2O4S. The second kappa shape index (κ2) is 8.03. The van der Waals surface area contributed by atoms with Gasteiger partial charge in [0.05, 0.1) is 18.1 Å². The highest BCUT2D eigenvalue weighted by Crippen LogP contribution is 2.28. The molecule has 28 heavy (non-hydrogen) atoms. The molecule has 0 atom stereocenters. The zero-order chi connectivity index (χ0) is 19.6. The number of aryl methyl sites for hydroxylation is 1. The van der Waals surface area contributed by atoms with Crippen molar-refractivity contribution in [1.82, 2.24) is 4.31 Å². The van der Waals surface area contributed by atoms with E-state index in [1.807, 2.05) is 23.1 Å². The standard InChI is InChI=1S/C21H24N2O4S/c24-21(23-12-11-18-3-1-2-4-20(18)23)10-7-17-5-8-19(9-6-17)28(25,26)22-13-15-27-16-14-22/h1-6,8-9H,7,10-16H2. The van der Waals surface area contributed by atoms with Crippen molar-refractivity contribution in [2.45, 2.75) is 24.2 Å². The molecule has 2 aromatic carbocycles. The van der Waals surface area contributed by atoms with Crippen molar-refractivity contribution in [1.29, 1.82) is 0 Å². The maximum atomic E-state index is 12.7. The summed E-state index contributed by atoms with van der Waals surface area (Å²) < 4.78 is 32.0. The highest BCUT2D eigenvalue weighted by atomic mass is 32.2. The molecule has 2 aromatic rings. The number of hydrogen-bond donors (Lipinski definition) is 0. The number of ether oxygens (including phenoxy) is 1. The van der Waals surface area contributed by atoms with Crippen molar-refractivity contribution < 1.29 is 17.9 Å². The summed E-state index contributed by atoms with van der Waals surface area (Å²) in [5, 5.41) is 0. The maximum Gasteiger partial charge on any atom is 0.243 e. The molecule has 0 saturated carbocycles. The summed E-state index contributed by atoms with van der Waals surface area (Å²) in [5.41, 5.74) is 3.19. The Bertz CT molecular complexity index is 951. The molecule has 0 unspecified atom stereocenters. The minimum atomic E-state index is -3.48. The quantitative estimate of drug-likeness (QED) is 0.772. The van der Waals surface area contributed by atoms with Crippen LogP contribution in [0, 0.1) is 0 Å². The Morgan fingerprint density at radius 2 is 1.68 bits per heavy atom. The fourth-order valence-corrected chi connectivity index (χ4v) is 5.16. The third-order valence-corrected chi connectivity index (χ3v) is 7.26. The molecule has 6 nitrogen and oxygen atoms in total. The van der Waals surface area contributed by atoms with Crippen LogP contribution in [0.3, 0.4) is 0 Å². The fraction of sp³-hybridized carbons (Fsp3) is 0.381. The van der Waals surface area contributed by atoms with E-state index in [0.717, 1.165) is 24.2 Å². The van der Waals surface area contributed by atoms with Crippen LogP contribution in [-0.4, -0.2) is 51.5 Å². The van der Waals surface area contributed by atoms with E-state index in [4.69, 9.17) is 4.74 Å². The number of nitrogens with zero attached hydrogens (tertiary/aromatic N) is 2. The summed E-state index contributed by atoms with van der Waals surface area (Å²) in [5.74, 6) is 0.106. The number of para-hydroxylation sites is 1. The second-order valence-electron chi connectivity index (χ2n) is 7.08. The first-order valence-corrected chi connectivity index (χ1v) is 11.0. The Balaban J connectivity index is 1.38. The van der Waals surface area contributed by atoms with Crippen LogP contribution in [0.2, 0.25) is 0 Å². The van der Waals surface area contributed by atoms with Crippen LogP contribution >= 0.6 is 0 Å². The second-order valence-corrected chi connectivity index (χ2v) is 9.02. The van der Waals surface area contributed by atoms with Gasteiger partial charge in [0, 0.05) is 31.7 Å². The van der Waals surface area contributed by atoms with Crippen LogP contribution in [0.25, 0.3) is 0 Å². The first kappa shape index (κ1) is 19.1. The number of carbonyl (C=O) groups is 1. The lowest BCUT2D eigenvalue weighted by atomic mass is 10.1. The smallest absolute Gasteiger partial charge is 0.243 e. The topological polar surface area (TPSA) is 66.9 Å². The van der Waals surface area contributed by atoms with Gasteiger partial charge in [-0.3, -0.25) is 4.79 Å². The molecule has 1 saturated heterocycles. The molecular weight excluding hydrogens is 376 g/mol. The summed E-state index contributed by atoms with van der Waals surface area (Å²) in [4.78, 5) is 14.8. The minimum absolute atomic E-state index is 0.106. The molecule has 0 aromatic heterocycles. The number of hydrogen-bond acceptors (Lipinski definition) is 4. The summed E-state index contributed by atoms with van der Waals surface area (Å²) in [6.45, 7) is 2.36. The van der Waals surface area contributed by atoms with Crippen molar-refractivity contribution in [3.63, 3.8) is 0 Å². The normalized spacial score (nSPS) is 17.5. The fourth-order valence-electron chi connectivity index (χ4n) is 3.75. The van der Waals surface area contributed by atoms with Gasteiger partial charge in [-0.15, -0.1) is 0 Å². The van der Waals surface area contributed by atoms with E-state index in [2.05, 4.69) is 6.07 Å². The van der Waals surface area contributed by atoms with E-state index in [1.165, 1.54) is 9.87 Å². The van der Waals surface area contributed by atoms with Gasteiger partial charge in [-0.1, -0.05) is 30.3 Å². The number of sulfonamides is 1. The van der Waals surface area contributed by atoms with Crippen LogP contribution in [0.5, 0.6) is 0 Å². The van der Waals surface area contributed by atoms with E-state index < -0.39 is 10.0 Å². The lowest BCUT2D eigenvalue weighted by Crippen LogP contribution is -2.40. The first-order valence-electron chi connectivity index (χ1n) is 9.61. The summed E-state index contributed by atoms with van der Waals surface area (Å²) in [6.07, 6.45) is 1.90. The average molecular weight is 401 g/mol. The Hall–Kier alpha value is -2.22. The predicted octanol–water partition coefficient (Wildman–Crippen LogP) is 2.23. The van der Waals surface area contributed by atoms with Gasteiger partial charge in [0.25, 0.3) is 0 Å². The van der Waals surface area contributed by atoms with E-state index in [-0.39, 0.29) is 10.8 Å². The van der Waals surface area contributed by atoms with E-state index in [9.17, 15) is 13.2 Å². The van der Waals surface area contributed by atoms with Gasteiger partial charge < -0.3 is 9.64 Å². The van der Waals surface area contributed by atoms with Gasteiger partial charge in [-0.05, 0) is 42.2 Å². The number of anilines is 1. The lowest BCUT2D eigenvalue weighted by Gasteiger charge is -2.26. The third kappa shape index (κ3) is 3.83. The maximum absolute atomic E-state index is 12.7. The molecule has 0 radical (unpaired) electrons. The van der Waals surface area contributed by atoms with Gasteiger partial charge in [-0.25, -0.2) is 8.42 Å². The SMILES string of the molecule is O=C(CCc1ccc(S(=O)(=O)N2CCOCC2)cc1)N1CCc2ccccc21. The van der Waals surface area contributed by atoms with Gasteiger partial charge in [0.1, 0.15) is 0 Å². The first-order chi connectivity index (χ1) is 13.6. The highest BCUT2D eigenvalue weighted by molar-refractivity contribution is 7.89. The Morgan fingerprint density at radius 1 is 0.964 bits per heavy atom. The molecule has 1 fully saturated rings. The molecule has 4 rings (SSSR count). The van der Waals surface area contributed by atoms with Gasteiger partial charge in [0.15, 0.2) is 0 Å². The summed E-state index contributed by atoms with van der Waals surface area (Å²) in [6, 6.07) is 14.9. The summed E-state index contributed by atoms with van der Waals surface area (Å²) in [7, 11) is -3.48. The average Bonchev–Trinajstić information content (AvgIpc) is 3.17. The van der Waals surface area contributed by atoms with Gasteiger partial charge in [-0.2, -0.15) is 4.31 Å². The molecule has 1 amide bonds. The van der Waals surface area contributed by atoms with Crippen molar-refractivity contribution in [2.75, 3.05) is 37.7 Å². The number of carbonyl (C=O) groups excluding carboxylic acids is 1. The molecule has 2 aliphatic rings. The lowest BCUT2D eigenvalue weighted by molar-refractivity contribution is -0.118. The number of benzene rings is 2. The zero-order valence-electron chi connectivity index (χ0n) is 15.7. The largest absolute Gasteiger partial charge is 0.379 e. The van der Waals surface area contributed by atoms with Crippen molar-refractivity contribution >= 4 is 21.6 Å². The van der Waals surface area contributed by atoms with Crippen LogP contribution in [-0.2, 0) is 32.4 Å². The molecule has 148 valence electrons. The molecule has 0 bridgehead atoms. The Kier molecular flexibility index (Phi) is 5.48. The van der Waals surface area contributed by atoms with E-state index in [0.29, 0.717) is 39.1 Å². The predicted molar refractivity (Wildman–Crippen MR) is 107 cm³/mol. The third-order valence-electron chi connectivity index (χ3n) is 5.35. The molecule has 2 heterocycles. The molecule has 7 heteroatoms. The molecule has 0 spiro atoms. The van der Waals surface area contributed by atoms with E-state index >= 15 is 0 Å². The van der Waals surface area contributed by atoms with Crippen molar-refractivity contribution in [3.8, 4) is 0 Å². The number of fused-ring (bicyclic) bond motifs is 1. The Morgan fingerprint density at radius 3 is 2.43 bits per heavy atom. The monoisotopic (exact) mass is 400 g/mol. The zero-order valence-corrected chi connectivity index (χ0v) is 16.5. The molecule has 2 aliphatic heterocycles. The van der Waals surface area contributed by atoms with Gasteiger partial charge in [0.2, 0.25) is 15.9 Å². The highest BCUT2D eigenvalue weighted by Gasteiger charge is 2.26. The van der Waals surface area contributed by atoms with Crippen molar-refractivity contribution in [2.24, 2.45) is 0 Å². The van der Waals surface area contributed by atoms with Crippen molar-refractivity contribution in [3.05, 3.63) is 59.7 Å². The Labute approximate surface area is 165 Å². The van der Waals surface area contributed by atoms with Crippen LogP contribution < -0.4 is 4.90 Å². The van der Waals surface area contributed by atoms with Crippen LogP contribution in [0.4, 0.5) is 5.69 Å². The van der Waals surface area contributed by atoms with Gasteiger partial charge >= 0.3 is 0 Å². The van der Waals surface area contributed by atoms with E-state index in [1.54, 1.807) is 24.3 Å². The van der Waals surface area contributed by atoms with Crippen LogP contribution in [0.15, 0.2) is 53.4 Å².